The highest BCUT2D eigenvalue weighted by Crippen LogP contribution is 2.18. The van der Waals surface area contributed by atoms with Crippen molar-refractivity contribution in [3.8, 4) is 0 Å². The zero-order valence-corrected chi connectivity index (χ0v) is 14.2. The fourth-order valence-electron chi connectivity index (χ4n) is 2.34. The van der Waals surface area contributed by atoms with Gasteiger partial charge in [0.25, 0.3) is 5.95 Å². The van der Waals surface area contributed by atoms with Gasteiger partial charge in [0.1, 0.15) is 5.82 Å². The number of halogens is 1. The van der Waals surface area contributed by atoms with E-state index in [9.17, 15) is 9.18 Å². The Bertz CT molecular complexity index is 767. The predicted molar refractivity (Wildman–Crippen MR) is 95.5 cm³/mol. The van der Waals surface area contributed by atoms with Crippen molar-refractivity contribution in [1.29, 1.82) is 0 Å². The maximum atomic E-state index is 12.8. The maximum absolute atomic E-state index is 12.8. The first-order chi connectivity index (χ1) is 12.1. The number of nitrogens with zero attached hydrogens (tertiary/aromatic N) is 4. The summed E-state index contributed by atoms with van der Waals surface area (Å²) in [6.07, 6.45) is 4.27. The normalized spacial score (nSPS) is 13.7. The fourth-order valence-corrected chi connectivity index (χ4v) is 2.99. The van der Waals surface area contributed by atoms with E-state index in [1.165, 1.54) is 28.9 Å². The van der Waals surface area contributed by atoms with Gasteiger partial charge in [-0.3, -0.25) is 4.79 Å². The second kappa shape index (κ2) is 7.97. The van der Waals surface area contributed by atoms with E-state index in [0.717, 1.165) is 43.2 Å². The van der Waals surface area contributed by atoms with E-state index in [1.807, 2.05) is 0 Å². The Morgan fingerprint density at radius 3 is 2.72 bits per heavy atom. The molecule has 0 atom stereocenters. The number of nitrogens with one attached hydrogen (secondary N) is 2. The third-order valence-corrected chi connectivity index (χ3v) is 4.56. The SMILES string of the molecule is Nn1c(NN=C2CCCC2)nnc1SCC(=O)Nc1ccc(F)cc1. The first-order valence-corrected chi connectivity index (χ1v) is 8.80. The number of hydrogen-bond donors (Lipinski definition) is 3. The Labute approximate surface area is 148 Å². The Kier molecular flexibility index (Phi) is 5.49. The van der Waals surface area contributed by atoms with Gasteiger partial charge in [0.05, 0.1) is 5.75 Å². The monoisotopic (exact) mass is 363 g/mol. The molecule has 0 bridgehead atoms. The summed E-state index contributed by atoms with van der Waals surface area (Å²) in [7, 11) is 0. The van der Waals surface area contributed by atoms with Gasteiger partial charge in [-0.15, -0.1) is 10.2 Å². The van der Waals surface area contributed by atoms with Crippen molar-refractivity contribution in [3.05, 3.63) is 30.1 Å². The zero-order chi connectivity index (χ0) is 17.6. The lowest BCUT2D eigenvalue weighted by Crippen LogP contribution is -2.17. The number of aromatic nitrogens is 3. The van der Waals surface area contributed by atoms with Gasteiger partial charge in [0.15, 0.2) is 0 Å². The lowest BCUT2D eigenvalue weighted by Gasteiger charge is -2.05. The van der Waals surface area contributed by atoms with Crippen LogP contribution in [0.1, 0.15) is 25.7 Å². The van der Waals surface area contributed by atoms with Crippen molar-refractivity contribution in [2.24, 2.45) is 5.10 Å². The molecule has 0 spiro atoms. The van der Waals surface area contributed by atoms with Crippen molar-refractivity contribution in [2.75, 3.05) is 22.3 Å². The molecule has 25 heavy (non-hydrogen) atoms. The molecule has 8 nitrogen and oxygen atoms in total. The number of rotatable bonds is 6. The van der Waals surface area contributed by atoms with Gasteiger partial charge >= 0.3 is 0 Å². The molecule has 10 heteroatoms. The molecular formula is C15H18FN7OS. The predicted octanol–water partition coefficient (Wildman–Crippen LogP) is 2.20. The van der Waals surface area contributed by atoms with Crippen LogP contribution in [0, 0.1) is 5.82 Å². The van der Waals surface area contributed by atoms with E-state index >= 15 is 0 Å². The summed E-state index contributed by atoms with van der Waals surface area (Å²) in [5, 5.41) is 15.2. The van der Waals surface area contributed by atoms with E-state index in [1.54, 1.807) is 0 Å². The second-order valence-electron chi connectivity index (χ2n) is 5.52. The minimum absolute atomic E-state index is 0.0984. The summed E-state index contributed by atoms with van der Waals surface area (Å²) >= 11 is 1.15. The second-order valence-corrected chi connectivity index (χ2v) is 6.46. The first kappa shape index (κ1) is 17.2. The third kappa shape index (κ3) is 4.69. The molecule has 1 amide bonds. The number of nitrogens with two attached hydrogens (primary N) is 1. The van der Waals surface area contributed by atoms with Gasteiger partial charge in [-0.25, -0.2) is 14.5 Å². The average molecular weight is 363 g/mol. The van der Waals surface area contributed by atoms with Gasteiger partial charge in [0.2, 0.25) is 11.1 Å². The van der Waals surface area contributed by atoms with E-state index in [4.69, 9.17) is 5.84 Å². The van der Waals surface area contributed by atoms with Crippen LogP contribution in [0.2, 0.25) is 0 Å². The Morgan fingerprint density at radius 2 is 2.00 bits per heavy atom. The van der Waals surface area contributed by atoms with Crippen LogP contribution in [0.4, 0.5) is 16.0 Å². The molecular weight excluding hydrogens is 345 g/mol. The van der Waals surface area contributed by atoms with Gasteiger partial charge in [-0.05, 0) is 49.9 Å². The molecule has 4 N–H and O–H groups in total. The molecule has 0 aliphatic heterocycles. The van der Waals surface area contributed by atoms with Gasteiger partial charge in [-0.1, -0.05) is 11.8 Å². The molecule has 132 valence electrons. The van der Waals surface area contributed by atoms with Crippen LogP contribution < -0.4 is 16.6 Å². The van der Waals surface area contributed by atoms with Crippen LogP contribution in [-0.2, 0) is 4.79 Å². The van der Waals surface area contributed by atoms with Crippen molar-refractivity contribution in [1.82, 2.24) is 14.9 Å². The van der Waals surface area contributed by atoms with Crippen LogP contribution >= 0.6 is 11.8 Å². The van der Waals surface area contributed by atoms with Crippen LogP contribution in [0.5, 0.6) is 0 Å². The van der Waals surface area contributed by atoms with Crippen LogP contribution in [0.3, 0.4) is 0 Å². The molecule has 0 radical (unpaired) electrons. The van der Waals surface area contributed by atoms with E-state index < -0.39 is 0 Å². The third-order valence-electron chi connectivity index (χ3n) is 3.62. The largest absolute Gasteiger partial charge is 0.334 e. The van der Waals surface area contributed by atoms with Crippen molar-refractivity contribution in [2.45, 2.75) is 30.8 Å². The smallest absolute Gasteiger partial charge is 0.264 e. The summed E-state index contributed by atoms with van der Waals surface area (Å²) < 4.78 is 14.1. The minimum Gasteiger partial charge on any atom is -0.334 e. The molecule has 2 aromatic rings. The number of nitrogen functional groups attached to an aromatic ring is 1. The van der Waals surface area contributed by atoms with E-state index in [-0.39, 0.29) is 17.5 Å². The highest BCUT2D eigenvalue weighted by atomic mass is 32.2. The van der Waals surface area contributed by atoms with Crippen LogP contribution in [0.15, 0.2) is 34.5 Å². The summed E-state index contributed by atoms with van der Waals surface area (Å²) in [5.41, 5.74) is 4.43. The number of carbonyl (C=O) groups is 1. The zero-order valence-electron chi connectivity index (χ0n) is 13.4. The molecule has 0 saturated heterocycles. The van der Waals surface area contributed by atoms with E-state index in [0.29, 0.717) is 16.8 Å². The van der Waals surface area contributed by atoms with E-state index in [2.05, 4.69) is 26.0 Å². The molecule has 1 heterocycles. The highest BCUT2D eigenvalue weighted by Gasteiger charge is 2.13. The standard InChI is InChI=1S/C15H18FN7OS/c16-10-5-7-11(8-6-10)18-13(24)9-25-15-22-21-14(23(15)17)20-19-12-3-1-2-4-12/h5-8H,1-4,9,17H2,(H,18,24)(H,20,21). The molecule has 1 fully saturated rings. The lowest BCUT2D eigenvalue weighted by molar-refractivity contribution is -0.113. The highest BCUT2D eigenvalue weighted by molar-refractivity contribution is 7.99. The van der Waals surface area contributed by atoms with Crippen molar-refractivity contribution in [3.63, 3.8) is 0 Å². The first-order valence-electron chi connectivity index (χ1n) is 7.82. The number of anilines is 2. The molecule has 1 aliphatic carbocycles. The van der Waals surface area contributed by atoms with Gasteiger partial charge in [0, 0.05) is 11.4 Å². The van der Waals surface area contributed by atoms with Crippen molar-refractivity contribution < 1.29 is 9.18 Å². The Balaban J connectivity index is 1.51. The topological polar surface area (TPSA) is 110 Å². The number of hydrogen-bond acceptors (Lipinski definition) is 7. The number of thioether (sulfide) groups is 1. The minimum atomic E-state index is -0.357. The van der Waals surface area contributed by atoms with Gasteiger partial charge in [-0.2, -0.15) is 5.10 Å². The Morgan fingerprint density at radius 1 is 1.28 bits per heavy atom. The number of benzene rings is 1. The number of amides is 1. The average Bonchev–Trinajstić information content (AvgIpc) is 3.23. The summed E-state index contributed by atoms with van der Waals surface area (Å²) in [6, 6.07) is 5.55. The van der Waals surface area contributed by atoms with Crippen molar-refractivity contribution >= 4 is 35.0 Å². The summed E-state index contributed by atoms with van der Waals surface area (Å²) in [6.45, 7) is 0. The molecule has 3 rings (SSSR count). The molecule has 1 aliphatic rings. The number of hydrazone groups is 1. The summed E-state index contributed by atoms with van der Waals surface area (Å²) in [5.74, 6) is 5.72. The number of carbonyl (C=O) groups excluding carboxylic acids is 1. The molecule has 1 aromatic carbocycles. The van der Waals surface area contributed by atoms with Crippen LogP contribution in [-0.4, -0.2) is 32.2 Å². The van der Waals surface area contributed by atoms with Crippen LogP contribution in [0.25, 0.3) is 0 Å². The van der Waals surface area contributed by atoms with Gasteiger partial charge < -0.3 is 11.2 Å². The molecule has 1 aromatic heterocycles. The Hall–Kier alpha value is -2.62. The maximum Gasteiger partial charge on any atom is 0.264 e. The summed E-state index contributed by atoms with van der Waals surface area (Å²) in [4.78, 5) is 11.9. The fraction of sp³-hybridized carbons (Fsp3) is 0.333. The lowest BCUT2D eigenvalue weighted by atomic mass is 10.3. The quantitative estimate of drug-likeness (QED) is 0.412. The molecule has 1 saturated carbocycles. The molecule has 0 unspecified atom stereocenters.